The first kappa shape index (κ1) is 17.2. The Kier molecular flexibility index (Phi) is 6.25. The lowest BCUT2D eigenvalue weighted by Gasteiger charge is -2.10. The van der Waals surface area contributed by atoms with Crippen LogP contribution in [-0.4, -0.2) is 27.4 Å². The van der Waals surface area contributed by atoms with Crippen LogP contribution in [-0.2, 0) is 14.8 Å². The van der Waals surface area contributed by atoms with Gasteiger partial charge in [-0.2, -0.15) is 0 Å². The minimum Gasteiger partial charge on any atom is -0.398 e. The maximum atomic E-state index is 12.1. The van der Waals surface area contributed by atoms with Gasteiger partial charge in [-0.15, -0.1) is 0 Å². The van der Waals surface area contributed by atoms with Gasteiger partial charge in [-0.1, -0.05) is 11.6 Å². The normalized spacial score (nSPS) is 11.3. The number of carbonyl (C=O) groups is 1. The molecule has 0 heterocycles. The highest BCUT2D eigenvalue weighted by molar-refractivity contribution is 9.10. The predicted octanol–water partition coefficient (Wildman–Crippen LogP) is 1.49. The van der Waals surface area contributed by atoms with Crippen LogP contribution in [0.15, 0.2) is 21.5 Å². The highest BCUT2D eigenvalue weighted by atomic mass is 79.9. The van der Waals surface area contributed by atoms with Crippen molar-refractivity contribution in [2.45, 2.75) is 18.2 Å². The molecule has 20 heavy (non-hydrogen) atoms. The van der Waals surface area contributed by atoms with E-state index in [1.165, 1.54) is 12.1 Å². The number of carbonyl (C=O) groups excluding carboxylic acids is 1. The zero-order valence-corrected chi connectivity index (χ0v) is 13.9. The summed E-state index contributed by atoms with van der Waals surface area (Å²) in [5, 5.41) is 2.79. The third kappa shape index (κ3) is 4.62. The largest absolute Gasteiger partial charge is 0.398 e. The van der Waals surface area contributed by atoms with E-state index < -0.39 is 10.0 Å². The topological polar surface area (TPSA) is 101 Å². The van der Waals surface area contributed by atoms with E-state index in [-0.39, 0.29) is 39.0 Å². The number of anilines is 1. The number of nitrogens with two attached hydrogens (primary N) is 1. The number of nitrogens with one attached hydrogen (secondary N) is 2. The molecule has 0 aliphatic heterocycles. The van der Waals surface area contributed by atoms with Gasteiger partial charge in [0.2, 0.25) is 15.9 Å². The number of amides is 1. The van der Waals surface area contributed by atoms with Crippen LogP contribution in [0.4, 0.5) is 5.69 Å². The molecule has 1 rings (SSSR count). The number of hydrogen-bond acceptors (Lipinski definition) is 4. The van der Waals surface area contributed by atoms with Gasteiger partial charge in [-0.05, 0) is 35.0 Å². The predicted molar refractivity (Wildman–Crippen MR) is 82.1 cm³/mol. The molecule has 0 aromatic heterocycles. The molecule has 0 fully saturated rings. The second kappa shape index (κ2) is 7.26. The molecule has 0 saturated heterocycles. The first-order valence-corrected chi connectivity index (χ1v) is 8.44. The summed E-state index contributed by atoms with van der Waals surface area (Å²) < 4.78 is 26.8. The summed E-state index contributed by atoms with van der Waals surface area (Å²) in [6.07, 6.45) is 0.0563. The molecule has 1 aromatic rings. The molecule has 0 saturated carbocycles. The van der Waals surface area contributed by atoms with Crippen molar-refractivity contribution in [2.24, 2.45) is 0 Å². The smallest absolute Gasteiger partial charge is 0.241 e. The minimum atomic E-state index is -3.79. The van der Waals surface area contributed by atoms with Crippen molar-refractivity contribution in [1.29, 1.82) is 0 Å². The van der Waals surface area contributed by atoms with Crippen LogP contribution in [0.5, 0.6) is 0 Å². The lowest BCUT2D eigenvalue weighted by molar-refractivity contribution is -0.120. The SMILES string of the molecule is CCNC(=O)CCNS(=O)(=O)c1cc(Cl)cc(N)c1Br. The fourth-order valence-electron chi connectivity index (χ4n) is 1.44. The Morgan fingerprint density at radius 3 is 2.70 bits per heavy atom. The Bertz CT molecular complexity index is 607. The molecule has 0 atom stereocenters. The highest BCUT2D eigenvalue weighted by Crippen LogP contribution is 2.31. The van der Waals surface area contributed by atoms with Crippen molar-refractivity contribution < 1.29 is 13.2 Å². The average Bonchev–Trinajstić information content (AvgIpc) is 2.33. The molecule has 1 aromatic carbocycles. The molecular weight excluding hydrogens is 370 g/mol. The van der Waals surface area contributed by atoms with Crippen LogP contribution in [0.25, 0.3) is 0 Å². The van der Waals surface area contributed by atoms with Crippen molar-refractivity contribution in [2.75, 3.05) is 18.8 Å². The maximum Gasteiger partial charge on any atom is 0.241 e. The molecule has 4 N–H and O–H groups in total. The summed E-state index contributed by atoms with van der Waals surface area (Å²) in [6.45, 7) is 2.28. The number of rotatable bonds is 6. The van der Waals surface area contributed by atoms with Gasteiger partial charge in [0, 0.05) is 30.2 Å². The molecule has 0 unspecified atom stereocenters. The molecule has 0 bridgehead atoms. The Morgan fingerprint density at radius 2 is 2.10 bits per heavy atom. The van der Waals surface area contributed by atoms with Crippen LogP contribution in [0, 0.1) is 0 Å². The molecule has 0 radical (unpaired) electrons. The van der Waals surface area contributed by atoms with Crippen LogP contribution in [0.2, 0.25) is 5.02 Å². The molecule has 112 valence electrons. The molecule has 0 aliphatic rings. The van der Waals surface area contributed by atoms with Crippen molar-refractivity contribution in [3.63, 3.8) is 0 Å². The van der Waals surface area contributed by atoms with E-state index in [0.29, 0.717) is 6.54 Å². The standard InChI is InChI=1S/C11H15BrClN3O3S/c1-2-15-10(17)3-4-16-20(18,19)9-6-7(13)5-8(14)11(9)12/h5-6,16H,2-4,14H2,1H3,(H,15,17). The van der Waals surface area contributed by atoms with Gasteiger partial charge in [0.15, 0.2) is 0 Å². The summed E-state index contributed by atoms with van der Waals surface area (Å²) in [5.41, 5.74) is 5.87. The lowest BCUT2D eigenvalue weighted by atomic mass is 10.3. The molecule has 0 aliphatic carbocycles. The van der Waals surface area contributed by atoms with Gasteiger partial charge in [0.05, 0.1) is 9.37 Å². The number of halogens is 2. The first-order valence-electron chi connectivity index (χ1n) is 5.78. The second-order valence-corrected chi connectivity index (χ2v) is 6.87. The summed E-state index contributed by atoms with van der Waals surface area (Å²) in [4.78, 5) is 11.2. The third-order valence-electron chi connectivity index (χ3n) is 2.34. The van der Waals surface area contributed by atoms with Crippen molar-refractivity contribution in [3.05, 3.63) is 21.6 Å². The average molecular weight is 385 g/mol. The monoisotopic (exact) mass is 383 g/mol. The summed E-state index contributed by atoms with van der Waals surface area (Å²) in [7, 11) is -3.79. The zero-order valence-electron chi connectivity index (χ0n) is 10.7. The van der Waals surface area contributed by atoms with E-state index in [1.807, 2.05) is 0 Å². The number of nitrogen functional groups attached to an aromatic ring is 1. The van der Waals surface area contributed by atoms with Crippen molar-refractivity contribution >= 4 is 49.1 Å². The Balaban J connectivity index is 2.82. The lowest BCUT2D eigenvalue weighted by Crippen LogP contribution is -2.30. The molecular formula is C11H15BrClN3O3S. The van der Waals surface area contributed by atoms with E-state index >= 15 is 0 Å². The van der Waals surface area contributed by atoms with Gasteiger partial charge >= 0.3 is 0 Å². The van der Waals surface area contributed by atoms with Gasteiger partial charge < -0.3 is 11.1 Å². The Hall–Kier alpha value is -0.830. The van der Waals surface area contributed by atoms with Crippen LogP contribution < -0.4 is 15.8 Å². The quantitative estimate of drug-likeness (QED) is 0.647. The van der Waals surface area contributed by atoms with Gasteiger partial charge in [-0.25, -0.2) is 13.1 Å². The molecule has 0 spiro atoms. The van der Waals surface area contributed by atoms with E-state index in [1.54, 1.807) is 6.92 Å². The highest BCUT2D eigenvalue weighted by Gasteiger charge is 2.20. The maximum absolute atomic E-state index is 12.1. The van der Waals surface area contributed by atoms with Gasteiger partial charge in [-0.3, -0.25) is 4.79 Å². The third-order valence-corrected chi connectivity index (χ3v) is 5.19. The van der Waals surface area contributed by atoms with Gasteiger partial charge in [0.1, 0.15) is 0 Å². The minimum absolute atomic E-state index is 0.00692. The Morgan fingerprint density at radius 1 is 1.45 bits per heavy atom. The number of hydrogen-bond donors (Lipinski definition) is 3. The van der Waals surface area contributed by atoms with Crippen LogP contribution in [0.3, 0.4) is 0 Å². The van der Waals surface area contributed by atoms with Gasteiger partial charge in [0.25, 0.3) is 0 Å². The summed E-state index contributed by atoms with van der Waals surface area (Å²) >= 11 is 8.91. The fraction of sp³-hybridized carbons (Fsp3) is 0.364. The number of sulfonamides is 1. The van der Waals surface area contributed by atoms with E-state index in [2.05, 4.69) is 26.0 Å². The second-order valence-electron chi connectivity index (χ2n) is 3.91. The fourth-order valence-corrected chi connectivity index (χ4v) is 3.76. The first-order chi connectivity index (χ1) is 9.27. The summed E-state index contributed by atoms with van der Waals surface area (Å²) in [6, 6.07) is 2.73. The molecule has 9 heteroatoms. The van der Waals surface area contributed by atoms with Crippen LogP contribution in [0.1, 0.15) is 13.3 Å². The number of benzene rings is 1. The van der Waals surface area contributed by atoms with E-state index in [4.69, 9.17) is 17.3 Å². The Labute approximate surface area is 131 Å². The summed E-state index contributed by atoms with van der Waals surface area (Å²) in [5.74, 6) is -0.222. The van der Waals surface area contributed by atoms with Crippen molar-refractivity contribution in [3.8, 4) is 0 Å². The van der Waals surface area contributed by atoms with E-state index in [9.17, 15) is 13.2 Å². The van der Waals surface area contributed by atoms with Crippen molar-refractivity contribution in [1.82, 2.24) is 10.0 Å². The van der Waals surface area contributed by atoms with Crippen LogP contribution >= 0.6 is 27.5 Å². The van der Waals surface area contributed by atoms with E-state index in [0.717, 1.165) is 0 Å². The molecule has 1 amide bonds. The zero-order chi connectivity index (χ0) is 15.3. The molecule has 6 nitrogen and oxygen atoms in total.